The molecule has 226 valence electrons. The van der Waals surface area contributed by atoms with Gasteiger partial charge in [0.1, 0.15) is 36.6 Å². The summed E-state index contributed by atoms with van der Waals surface area (Å²) in [4.78, 5) is 0. The lowest BCUT2D eigenvalue weighted by Crippen LogP contribution is -2.62. The quantitative estimate of drug-likeness (QED) is 0.545. The molecule has 4 fully saturated rings. The molecule has 11 nitrogen and oxygen atoms in total. The molecule has 4 saturated heterocycles. The smallest absolute Gasteiger partial charge is 0.186 e. The molecule has 4 heterocycles. The van der Waals surface area contributed by atoms with Crippen LogP contribution in [-0.4, -0.2) is 100 Å². The van der Waals surface area contributed by atoms with Gasteiger partial charge in [-0.3, -0.25) is 0 Å². The second-order valence-electron chi connectivity index (χ2n) is 10.5. The highest BCUT2D eigenvalue weighted by Crippen LogP contribution is 2.37. The molecule has 0 saturated carbocycles. The number of hydrogen-bond acceptors (Lipinski definition) is 11. The molecule has 12 atom stereocenters. The fourth-order valence-electron chi connectivity index (χ4n) is 5.58. The Morgan fingerprint density at radius 2 is 1.10 bits per heavy atom. The van der Waals surface area contributed by atoms with E-state index in [1.807, 2.05) is 67.6 Å². The van der Waals surface area contributed by atoms with Crippen molar-refractivity contribution in [3.63, 3.8) is 0 Å². The predicted molar refractivity (Wildman–Crippen MR) is 143 cm³/mol. The van der Waals surface area contributed by atoms with E-state index < -0.39 is 55.7 Å². The zero-order chi connectivity index (χ0) is 28.9. The summed E-state index contributed by atoms with van der Waals surface area (Å²) >= 11 is 0. The second-order valence-corrected chi connectivity index (χ2v) is 10.5. The maximum atomic E-state index is 10.4. The molecule has 0 aromatic heterocycles. The second kappa shape index (κ2) is 14.0. The highest BCUT2D eigenvalue weighted by atomic mass is 16.8. The van der Waals surface area contributed by atoms with E-state index in [0.29, 0.717) is 13.2 Å². The topological polar surface area (TPSA) is 124 Å². The fourth-order valence-corrected chi connectivity index (χ4v) is 5.58. The molecule has 11 heteroatoms. The number of benzene rings is 2. The van der Waals surface area contributed by atoms with E-state index in [1.165, 1.54) is 7.11 Å². The average molecular weight is 577 g/mol. The molecule has 2 aromatic rings. The first-order valence-corrected chi connectivity index (χ1v) is 13.8. The van der Waals surface area contributed by atoms with E-state index in [2.05, 4.69) is 0 Å². The van der Waals surface area contributed by atoms with E-state index in [-0.39, 0.29) is 18.1 Å². The highest BCUT2D eigenvalue weighted by molar-refractivity contribution is 5.17. The summed E-state index contributed by atoms with van der Waals surface area (Å²) in [7, 11) is 4.60. The van der Waals surface area contributed by atoms with Gasteiger partial charge in [0.05, 0.1) is 19.3 Å². The summed E-state index contributed by atoms with van der Waals surface area (Å²) in [5.74, 6) is -0.143. The van der Waals surface area contributed by atoms with Crippen molar-refractivity contribution < 1.29 is 52.8 Å². The van der Waals surface area contributed by atoms with E-state index >= 15 is 0 Å². The summed E-state index contributed by atoms with van der Waals surface area (Å²) in [6.45, 7) is 2.63. The zero-order valence-corrected chi connectivity index (χ0v) is 23.7. The molecule has 6 rings (SSSR count). The first-order valence-electron chi connectivity index (χ1n) is 13.8. The molecule has 0 amide bonds. The van der Waals surface area contributed by atoms with Crippen LogP contribution in [0, 0.1) is 5.92 Å². The van der Waals surface area contributed by atoms with E-state index in [4.69, 9.17) is 42.6 Å². The SMILES string of the molecule is COC1OC2COC(c3ccccc3)OC2C(O)C1C.COC1OC2COC(c3ccccc3)OC2C(OC)C1O. The monoisotopic (exact) mass is 576 g/mol. The van der Waals surface area contributed by atoms with Crippen LogP contribution in [0.4, 0.5) is 0 Å². The Hall–Kier alpha value is -2.00. The van der Waals surface area contributed by atoms with Gasteiger partial charge >= 0.3 is 0 Å². The molecule has 4 aliphatic rings. The van der Waals surface area contributed by atoms with Crippen LogP contribution in [0.15, 0.2) is 60.7 Å². The van der Waals surface area contributed by atoms with Crippen LogP contribution in [-0.2, 0) is 42.6 Å². The van der Waals surface area contributed by atoms with Crippen molar-refractivity contribution in [3.05, 3.63) is 71.8 Å². The van der Waals surface area contributed by atoms with E-state index in [1.54, 1.807) is 14.2 Å². The van der Waals surface area contributed by atoms with Crippen molar-refractivity contribution in [1.29, 1.82) is 0 Å². The Bertz CT molecular complexity index is 1060. The first-order chi connectivity index (χ1) is 19.9. The minimum atomic E-state index is -0.907. The minimum absolute atomic E-state index is 0.143. The molecule has 2 aromatic carbocycles. The molecule has 4 aliphatic heterocycles. The Morgan fingerprint density at radius 1 is 0.610 bits per heavy atom. The van der Waals surface area contributed by atoms with Crippen LogP contribution in [0.5, 0.6) is 0 Å². The van der Waals surface area contributed by atoms with Crippen LogP contribution in [0.3, 0.4) is 0 Å². The van der Waals surface area contributed by atoms with Gasteiger partial charge in [-0.15, -0.1) is 0 Å². The third-order valence-electron chi connectivity index (χ3n) is 7.86. The lowest BCUT2D eigenvalue weighted by Gasteiger charge is -2.47. The van der Waals surface area contributed by atoms with Crippen LogP contribution in [0.1, 0.15) is 30.6 Å². The molecule has 0 radical (unpaired) electrons. The lowest BCUT2D eigenvalue weighted by atomic mass is 9.91. The molecule has 0 aliphatic carbocycles. The number of aliphatic hydroxyl groups is 2. The van der Waals surface area contributed by atoms with Gasteiger partial charge in [0, 0.05) is 38.4 Å². The summed E-state index contributed by atoms with van der Waals surface area (Å²) in [6.07, 6.45) is -5.60. The van der Waals surface area contributed by atoms with Gasteiger partial charge < -0.3 is 52.8 Å². The Labute approximate surface area is 240 Å². The van der Waals surface area contributed by atoms with Gasteiger partial charge in [0.15, 0.2) is 25.2 Å². The molecule has 0 spiro atoms. The number of hydrogen-bond donors (Lipinski definition) is 2. The van der Waals surface area contributed by atoms with Crippen molar-refractivity contribution in [1.82, 2.24) is 0 Å². The molecule has 0 bridgehead atoms. The van der Waals surface area contributed by atoms with Gasteiger partial charge in [0.2, 0.25) is 0 Å². The van der Waals surface area contributed by atoms with Crippen LogP contribution < -0.4 is 0 Å². The van der Waals surface area contributed by atoms with Gasteiger partial charge in [0.25, 0.3) is 0 Å². The molecular weight excluding hydrogens is 536 g/mol. The number of methoxy groups -OCH3 is 3. The third kappa shape index (κ3) is 6.66. The Kier molecular flexibility index (Phi) is 10.4. The van der Waals surface area contributed by atoms with Crippen molar-refractivity contribution in [2.24, 2.45) is 5.92 Å². The maximum Gasteiger partial charge on any atom is 0.186 e. The number of fused-ring (bicyclic) bond motifs is 2. The number of aliphatic hydroxyl groups excluding tert-OH is 2. The summed E-state index contributed by atoms with van der Waals surface area (Å²) < 4.78 is 50.5. The molecule has 41 heavy (non-hydrogen) atoms. The molecular formula is C30H40O11. The van der Waals surface area contributed by atoms with Gasteiger partial charge in [-0.25, -0.2) is 0 Å². The highest BCUT2D eigenvalue weighted by Gasteiger charge is 2.50. The summed E-state index contributed by atoms with van der Waals surface area (Å²) in [5, 5.41) is 20.6. The average Bonchev–Trinajstić information content (AvgIpc) is 3.03. The molecule has 12 unspecified atom stereocenters. The van der Waals surface area contributed by atoms with Crippen LogP contribution >= 0.6 is 0 Å². The van der Waals surface area contributed by atoms with Crippen LogP contribution in [0.2, 0.25) is 0 Å². The predicted octanol–water partition coefficient (Wildman–Crippen LogP) is 2.32. The zero-order valence-electron chi connectivity index (χ0n) is 23.7. The number of ether oxygens (including phenoxy) is 9. The standard InChI is InChI=1S/C15H20O6.C15H20O5/c1-17-13-11(16)15(18-2)20-10-8-19-14(21-12(10)13)9-6-4-3-5-7-9;1-9-12(16)13-11(19-14(9)17-2)8-18-15(20-13)10-6-4-3-5-7-10/h3-7,10-16H,8H2,1-2H3;3-7,9,11-16H,8H2,1-2H3. The number of rotatable bonds is 5. The maximum absolute atomic E-state index is 10.4. The largest absolute Gasteiger partial charge is 0.390 e. The third-order valence-corrected chi connectivity index (χ3v) is 7.86. The lowest BCUT2D eigenvalue weighted by molar-refractivity contribution is -0.360. The normalized spacial score (nSPS) is 40.4. The van der Waals surface area contributed by atoms with Crippen molar-refractivity contribution in [3.8, 4) is 0 Å². The first kappa shape index (κ1) is 30.5. The van der Waals surface area contributed by atoms with Crippen molar-refractivity contribution in [2.45, 2.75) is 74.8 Å². The fraction of sp³-hybridized carbons (Fsp3) is 0.600. The Balaban J connectivity index is 0.000000165. The van der Waals surface area contributed by atoms with Crippen molar-refractivity contribution >= 4 is 0 Å². The molecule has 2 N–H and O–H groups in total. The van der Waals surface area contributed by atoms with Crippen molar-refractivity contribution in [2.75, 3.05) is 34.5 Å². The van der Waals surface area contributed by atoms with Gasteiger partial charge in [-0.05, 0) is 0 Å². The summed E-state index contributed by atoms with van der Waals surface area (Å²) in [5.41, 5.74) is 1.87. The van der Waals surface area contributed by atoms with Crippen LogP contribution in [0.25, 0.3) is 0 Å². The van der Waals surface area contributed by atoms with Gasteiger partial charge in [-0.1, -0.05) is 67.6 Å². The van der Waals surface area contributed by atoms with E-state index in [9.17, 15) is 10.2 Å². The minimum Gasteiger partial charge on any atom is -0.390 e. The van der Waals surface area contributed by atoms with Gasteiger partial charge in [-0.2, -0.15) is 0 Å². The summed E-state index contributed by atoms with van der Waals surface area (Å²) in [6, 6.07) is 19.4. The Morgan fingerprint density at radius 3 is 1.61 bits per heavy atom. The van der Waals surface area contributed by atoms with E-state index in [0.717, 1.165) is 11.1 Å².